The van der Waals surface area contributed by atoms with Gasteiger partial charge in [-0.15, -0.1) is 0 Å². The van der Waals surface area contributed by atoms with E-state index in [1.807, 2.05) is 30.3 Å². The normalized spacial score (nSPS) is 11.3. The smallest absolute Gasteiger partial charge is 0.260 e. The topological polar surface area (TPSA) is 88.1 Å². The van der Waals surface area contributed by atoms with Gasteiger partial charge in [-0.1, -0.05) is 41.9 Å². The van der Waals surface area contributed by atoms with E-state index in [4.69, 9.17) is 16.3 Å². The van der Waals surface area contributed by atoms with Gasteiger partial charge in [0.25, 0.3) is 5.91 Å². The lowest BCUT2D eigenvalue weighted by Gasteiger charge is -2.21. The third-order valence-corrected chi connectivity index (χ3v) is 5.42. The highest BCUT2D eigenvalue weighted by atomic mass is 35.5. The summed E-state index contributed by atoms with van der Waals surface area (Å²) in [6.45, 7) is -0.426. The van der Waals surface area contributed by atoms with E-state index in [-0.39, 0.29) is 0 Å². The second-order valence-electron chi connectivity index (χ2n) is 6.53. The number of carbonyl (C=O) groups excluding carboxylic acids is 1. The number of ether oxygens (including phenoxy) is 1. The van der Waals surface area contributed by atoms with E-state index in [2.05, 4.69) is 10.5 Å². The quantitative estimate of drug-likeness (QED) is 0.408. The first-order valence-corrected chi connectivity index (χ1v) is 11.4. The third-order valence-electron chi connectivity index (χ3n) is 4.04. The number of hydrogen-bond donors (Lipinski definition) is 1. The highest BCUT2D eigenvalue weighted by Crippen LogP contribution is 2.25. The van der Waals surface area contributed by atoms with E-state index in [0.717, 1.165) is 10.6 Å². The Morgan fingerprint density at radius 3 is 2.35 bits per heavy atom. The number of nitrogens with one attached hydrogen (secondary N) is 1. The first-order valence-electron chi connectivity index (χ1n) is 9.19. The summed E-state index contributed by atoms with van der Waals surface area (Å²) in [7, 11) is -3.71. The van der Waals surface area contributed by atoms with Gasteiger partial charge in [-0.2, -0.15) is 5.10 Å². The molecule has 0 spiro atoms. The van der Waals surface area contributed by atoms with Crippen molar-refractivity contribution in [1.82, 2.24) is 5.43 Å². The summed E-state index contributed by atoms with van der Waals surface area (Å²) in [5, 5.41) is 4.39. The van der Waals surface area contributed by atoms with Crippen LogP contribution in [0.2, 0.25) is 5.02 Å². The number of para-hydroxylation sites is 1. The number of rotatable bonds is 8. The van der Waals surface area contributed by atoms with Crippen molar-refractivity contribution in [3.05, 3.63) is 89.4 Å². The molecule has 0 saturated carbocycles. The largest absolute Gasteiger partial charge is 0.457 e. The van der Waals surface area contributed by atoms with Crippen molar-refractivity contribution >= 4 is 39.4 Å². The molecule has 0 heterocycles. The Morgan fingerprint density at radius 1 is 1.03 bits per heavy atom. The lowest BCUT2D eigenvalue weighted by molar-refractivity contribution is -0.119. The van der Waals surface area contributed by atoms with Crippen LogP contribution < -0.4 is 14.5 Å². The Kier molecular flexibility index (Phi) is 7.28. The molecule has 3 aromatic rings. The molecule has 3 aromatic carbocycles. The maximum Gasteiger partial charge on any atom is 0.260 e. The molecule has 1 amide bonds. The van der Waals surface area contributed by atoms with Gasteiger partial charge < -0.3 is 4.74 Å². The maximum absolute atomic E-state index is 12.3. The number of carbonyl (C=O) groups is 1. The lowest BCUT2D eigenvalue weighted by atomic mass is 10.2. The SMILES string of the molecule is CS(=O)(=O)N(CC(=O)N/N=C\c1cccc(Cl)c1)c1ccc(Oc2ccccc2)cc1. The number of halogens is 1. The molecule has 0 radical (unpaired) electrons. The van der Waals surface area contributed by atoms with Gasteiger partial charge in [-0.05, 0) is 54.1 Å². The molecule has 31 heavy (non-hydrogen) atoms. The van der Waals surface area contributed by atoms with Gasteiger partial charge >= 0.3 is 0 Å². The fourth-order valence-corrected chi connectivity index (χ4v) is 3.69. The van der Waals surface area contributed by atoms with Crippen molar-refractivity contribution in [2.24, 2.45) is 5.10 Å². The van der Waals surface area contributed by atoms with Crippen LogP contribution in [0, 0.1) is 0 Å². The molecule has 9 heteroatoms. The van der Waals surface area contributed by atoms with E-state index in [9.17, 15) is 13.2 Å². The van der Waals surface area contributed by atoms with Crippen LogP contribution in [0.4, 0.5) is 5.69 Å². The van der Waals surface area contributed by atoms with Crippen LogP contribution in [-0.2, 0) is 14.8 Å². The summed E-state index contributed by atoms with van der Waals surface area (Å²) in [6, 6.07) is 22.5. The van der Waals surface area contributed by atoms with Crippen molar-refractivity contribution in [3.63, 3.8) is 0 Å². The number of nitrogens with zero attached hydrogens (tertiary/aromatic N) is 2. The summed E-state index contributed by atoms with van der Waals surface area (Å²) in [5.74, 6) is 0.611. The minimum Gasteiger partial charge on any atom is -0.457 e. The first kappa shape index (κ1) is 22.3. The molecule has 7 nitrogen and oxygen atoms in total. The highest BCUT2D eigenvalue weighted by Gasteiger charge is 2.20. The summed E-state index contributed by atoms with van der Waals surface area (Å²) in [6.07, 6.45) is 2.45. The van der Waals surface area contributed by atoms with E-state index < -0.39 is 22.5 Å². The zero-order valence-corrected chi connectivity index (χ0v) is 18.2. The lowest BCUT2D eigenvalue weighted by Crippen LogP contribution is -2.38. The van der Waals surface area contributed by atoms with Crippen LogP contribution in [0.1, 0.15) is 5.56 Å². The Bertz CT molecular complexity index is 1170. The zero-order chi connectivity index (χ0) is 22.3. The first-order chi connectivity index (χ1) is 14.8. The molecule has 0 unspecified atom stereocenters. The minimum atomic E-state index is -3.71. The van der Waals surface area contributed by atoms with Crippen molar-refractivity contribution in [1.29, 1.82) is 0 Å². The molecular weight excluding hydrogens is 438 g/mol. The highest BCUT2D eigenvalue weighted by molar-refractivity contribution is 7.92. The molecule has 3 rings (SSSR count). The predicted octanol–water partition coefficient (Wildman–Crippen LogP) is 4.05. The molecule has 0 aliphatic carbocycles. The molecule has 1 N–H and O–H groups in total. The van der Waals surface area contributed by atoms with Gasteiger partial charge in [-0.25, -0.2) is 13.8 Å². The van der Waals surface area contributed by atoms with Crippen LogP contribution in [0.25, 0.3) is 0 Å². The predicted molar refractivity (Wildman–Crippen MR) is 122 cm³/mol. The van der Waals surface area contributed by atoms with Gasteiger partial charge in [-0.3, -0.25) is 9.10 Å². The number of benzene rings is 3. The van der Waals surface area contributed by atoms with Gasteiger partial charge in [0.2, 0.25) is 10.0 Å². The molecule has 0 aromatic heterocycles. The molecule has 0 bridgehead atoms. The zero-order valence-electron chi connectivity index (χ0n) is 16.6. The Morgan fingerprint density at radius 2 is 1.71 bits per heavy atom. The molecular formula is C22H20ClN3O4S. The van der Waals surface area contributed by atoms with Gasteiger partial charge in [0.1, 0.15) is 18.0 Å². The Labute approximate surface area is 186 Å². The van der Waals surface area contributed by atoms with Crippen molar-refractivity contribution in [3.8, 4) is 11.5 Å². The number of hydrogen-bond acceptors (Lipinski definition) is 5. The van der Waals surface area contributed by atoms with E-state index in [1.165, 1.54) is 6.21 Å². The van der Waals surface area contributed by atoms with E-state index >= 15 is 0 Å². The average Bonchev–Trinajstić information content (AvgIpc) is 2.73. The van der Waals surface area contributed by atoms with Crippen LogP contribution in [0.15, 0.2) is 84.0 Å². The number of anilines is 1. The fourth-order valence-electron chi connectivity index (χ4n) is 2.64. The fraction of sp³-hybridized carbons (Fsp3) is 0.0909. The van der Waals surface area contributed by atoms with E-state index in [1.54, 1.807) is 48.5 Å². The number of hydrazone groups is 1. The molecule has 0 fully saturated rings. The monoisotopic (exact) mass is 457 g/mol. The Balaban J connectivity index is 1.66. The van der Waals surface area contributed by atoms with E-state index in [0.29, 0.717) is 27.8 Å². The minimum absolute atomic E-state index is 0.330. The van der Waals surface area contributed by atoms with Crippen molar-refractivity contribution in [2.75, 3.05) is 17.1 Å². The van der Waals surface area contributed by atoms with Crippen LogP contribution in [-0.4, -0.2) is 33.3 Å². The van der Waals surface area contributed by atoms with Crippen LogP contribution in [0.3, 0.4) is 0 Å². The molecule has 0 atom stereocenters. The maximum atomic E-state index is 12.3. The average molecular weight is 458 g/mol. The number of amides is 1. The van der Waals surface area contributed by atoms with Crippen molar-refractivity contribution in [2.45, 2.75) is 0 Å². The van der Waals surface area contributed by atoms with Crippen molar-refractivity contribution < 1.29 is 17.9 Å². The summed E-state index contributed by atoms with van der Waals surface area (Å²) >= 11 is 5.90. The van der Waals surface area contributed by atoms with Crippen LogP contribution in [0.5, 0.6) is 11.5 Å². The second-order valence-corrected chi connectivity index (χ2v) is 8.87. The molecule has 0 aliphatic heterocycles. The molecule has 160 valence electrons. The van der Waals surface area contributed by atoms with Gasteiger partial charge in [0.15, 0.2) is 0 Å². The molecule has 0 aliphatic rings. The molecule has 0 saturated heterocycles. The Hall–Kier alpha value is -3.36. The van der Waals surface area contributed by atoms with Crippen LogP contribution >= 0.6 is 11.6 Å². The summed E-state index contributed by atoms with van der Waals surface area (Å²) < 4.78 is 31.2. The second kappa shape index (κ2) is 10.1. The van der Waals surface area contributed by atoms with Gasteiger partial charge in [0.05, 0.1) is 18.2 Å². The standard InChI is InChI=1S/C22H20ClN3O4S/c1-31(28,29)26(16-22(27)25-24-15-17-6-5-7-18(23)14-17)19-10-12-21(13-11-19)30-20-8-3-2-4-9-20/h2-15H,16H2,1H3,(H,25,27)/b24-15-. The number of sulfonamides is 1. The summed E-state index contributed by atoms with van der Waals surface area (Å²) in [5.41, 5.74) is 3.35. The summed E-state index contributed by atoms with van der Waals surface area (Å²) in [4.78, 5) is 12.3. The third kappa shape index (κ3) is 6.84. The van der Waals surface area contributed by atoms with Gasteiger partial charge in [0, 0.05) is 5.02 Å².